The lowest BCUT2D eigenvalue weighted by Crippen LogP contribution is -2.68. The van der Waals surface area contributed by atoms with Crippen molar-refractivity contribution < 1.29 is 5.21 Å². The number of nitrogens with two attached hydrogens (primary N) is 1. The molecule has 1 aliphatic rings. The van der Waals surface area contributed by atoms with E-state index in [1.54, 1.807) is 0 Å². The SMILES string of the molecule is CNCC1(N)CC(C)(C)N(O)C(C)(C)C1. The zero-order valence-corrected chi connectivity index (χ0v) is 10.6. The molecule has 1 heterocycles. The normalized spacial score (nSPS) is 29.0. The van der Waals surface area contributed by atoms with Gasteiger partial charge in [0.25, 0.3) is 0 Å². The van der Waals surface area contributed by atoms with E-state index in [4.69, 9.17) is 5.73 Å². The lowest BCUT2D eigenvalue weighted by Gasteiger charge is -2.55. The van der Waals surface area contributed by atoms with Crippen LogP contribution >= 0.6 is 0 Å². The van der Waals surface area contributed by atoms with Crippen molar-refractivity contribution in [1.82, 2.24) is 10.4 Å². The number of nitrogens with one attached hydrogen (secondary N) is 1. The van der Waals surface area contributed by atoms with Gasteiger partial charge in [-0.25, -0.2) is 0 Å². The van der Waals surface area contributed by atoms with Crippen molar-refractivity contribution in [3.63, 3.8) is 0 Å². The summed E-state index contributed by atoms with van der Waals surface area (Å²) < 4.78 is 0. The molecule has 4 nitrogen and oxygen atoms in total. The van der Waals surface area contributed by atoms with E-state index in [0.29, 0.717) is 0 Å². The second-order valence-corrected chi connectivity index (χ2v) is 6.18. The lowest BCUT2D eigenvalue weighted by atomic mass is 9.71. The fraction of sp³-hybridized carbons (Fsp3) is 1.00. The van der Waals surface area contributed by atoms with Crippen LogP contribution in [0.15, 0.2) is 0 Å². The van der Waals surface area contributed by atoms with Gasteiger partial charge in [0.1, 0.15) is 0 Å². The van der Waals surface area contributed by atoms with Crippen LogP contribution in [0.4, 0.5) is 0 Å². The average molecular weight is 215 g/mol. The van der Waals surface area contributed by atoms with E-state index in [2.05, 4.69) is 5.32 Å². The standard InChI is InChI=1S/C11H25N3O/c1-9(2)6-11(12,8-13-5)7-10(3,4)14(9)15/h13,15H,6-8,12H2,1-5H3. The van der Waals surface area contributed by atoms with Crippen molar-refractivity contribution >= 4 is 0 Å². The van der Waals surface area contributed by atoms with Crippen LogP contribution in [0.3, 0.4) is 0 Å². The van der Waals surface area contributed by atoms with E-state index in [-0.39, 0.29) is 16.6 Å². The molecule has 0 atom stereocenters. The van der Waals surface area contributed by atoms with Crippen LogP contribution in [0.1, 0.15) is 40.5 Å². The molecule has 0 aromatic heterocycles. The summed E-state index contributed by atoms with van der Waals surface area (Å²) in [4.78, 5) is 0. The highest BCUT2D eigenvalue weighted by molar-refractivity contribution is 5.06. The van der Waals surface area contributed by atoms with Crippen LogP contribution < -0.4 is 11.1 Å². The van der Waals surface area contributed by atoms with Gasteiger partial charge in [-0.3, -0.25) is 0 Å². The third-order valence-electron chi connectivity index (χ3n) is 3.24. The topological polar surface area (TPSA) is 61.5 Å². The molecule has 4 heteroatoms. The van der Waals surface area contributed by atoms with Crippen LogP contribution in [0.5, 0.6) is 0 Å². The monoisotopic (exact) mass is 215 g/mol. The lowest BCUT2D eigenvalue weighted by molar-refractivity contribution is -0.253. The van der Waals surface area contributed by atoms with Gasteiger partial charge in [0.15, 0.2) is 0 Å². The molecular formula is C11H25N3O. The Morgan fingerprint density at radius 2 is 1.60 bits per heavy atom. The fourth-order valence-electron chi connectivity index (χ4n) is 3.23. The molecule has 0 saturated carbocycles. The molecule has 0 aliphatic carbocycles. The molecule has 0 bridgehead atoms. The number of hydroxylamine groups is 2. The Morgan fingerprint density at radius 1 is 1.20 bits per heavy atom. The van der Waals surface area contributed by atoms with Crippen LogP contribution in [0.25, 0.3) is 0 Å². The van der Waals surface area contributed by atoms with E-state index in [9.17, 15) is 5.21 Å². The second-order valence-electron chi connectivity index (χ2n) is 6.18. The van der Waals surface area contributed by atoms with Gasteiger partial charge >= 0.3 is 0 Å². The molecule has 1 saturated heterocycles. The zero-order chi connectivity index (χ0) is 11.9. The molecule has 90 valence electrons. The summed E-state index contributed by atoms with van der Waals surface area (Å²) in [7, 11) is 1.92. The third kappa shape index (κ3) is 2.50. The van der Waals surface area contributed by atoms with E-state index in [1.165, 1.54) is 5.06 Å². The van der Waals surface area contributed by atoms with Gasteiger partial charge in [-0.1, -0.05) is 0 Å². The van der Waals surface area contributed by atoms with Crippen LogP contribution in [-0.4, -0.2) is 40.5 Å². The predicted molar refractivity (Wildman–Crippen MR) is 61.9 cm³/mol. The summed E-state index contributed by atoms with van der Waals surface area (Å²) in [5, 5.41) is 14.7. The predicted octanol–water partition coefficient (Wildman–Crippen LogP) is 0.946. The molecule has 0 unspecified atom stereocenters. The maximum absolute atomic E-state index is 10.1. The van der Waals surface area contributed by atoms with Gasteiger partial charge < -0.3 is 16.3 Å². The Balaban J connectivity index is 2.93. The van der Waals surface area contributed by atoms with Crippen molar-refractivity contribution in [1.29, 1.82) is 0 Å². The quantitative estimate of drug-likeness (QED) is 0.642. The summed E-state index contributed by atoms with van der Waals surface area (Å²) in [5.41, 5.74) is 5.61. The molecule has 4 N–H and O–H groups in total. The van der Waals surface area contributed by atoms with Gasteiger partial charge in [-0.2, -0.15) is 5.06 Å². The summed E-state index contributed by atoms with van der Waals surface area (Å²) in [5.74, 6) is 0. The van der Waals surface area contributed by atoms with Crippen molar-refractivity contribution in [2.24, 2.45) is 5.73 Å². The first kappa shape index (κ1) is 12.9. The maximum Gasteiger partial charge on any atom is 0.0428 e. The molecule has 0 aromatic carbocycles. The highest BCUT2D eigenvalue weighted by atomic mass is 16.5. The van der Waals surface area contributed by atoms with Gasteiger partial charge in [-0.15, -0.1) is 0 Å². The fourth-order valence-corrected chi connectivity index (χ4v) is 3.23. The number of piperidine rings is 1. The highest BCUT2D eigenvalue weighted by Gasteiger charge is 2.50. The van der Waals surface area contributed by atoms with Gasteiger partial charge in [0.2, 0.25) is 0 Å². The number of nitrogens with zero attached hydrogens (tertiary/aromatic N) is 1. The summed E-state index contributed by atoms with van der Waals surface area (Å²) in [6.07, 6.45) is 1.58. The Labute approximate surface area is 92.8 Å². The van der Waals surface area contributed by atoms with Gasteiger partial charge in [0.05, 0.1) is 0 Å². The van der Waals surface area contributed by atoms with Crippen molar-refractivity contribution in [2.75, 3.05) is 13.6 Å². The summed E-state index contributed by atoms with van der Waals surface area (Å²) >= 11 is 0. The minimum Gasteiger partial charge on any atom is -0.324 e. The Hall–Kier alpha value is -0.160. The summed E-state index contributed by atoms with van der Waals surface area (Å²) in [6, 6.07) is 0. The van der Waals surface area contributed by atoms with Crippen LogP contribution in [-0.2, 0) is 0 Å². The van der Waals surface area contributed by atoms with Gasteiger partial charge in [0, 0.05) is 23.2 Å². The molecule has 1 rings (SSSR count). The molecule has 15 heavy (non-hydrogen) atoms. The zero-order valence-electron chi connectivity index (χ0n) is 10.6. The molecule has 1 aliphatic heterocycles. The highest BCUT2D eigenvalue weighted by Crippen LogP contribution is 2.40. The van der Waals surface area contributed by atoms with Crippen molar-refractivity contribution in [2.45, 2.75) is 57.2 Å². The molecule has 0 radical (unpaired) electrons. The minimum atomic E-state index is -0.270. The Morgan fingerprint density at radius 3 is 1.93 bits per heavy atom. The van der Waals surface area contributed by atoms with E-state index >= 15 is 0 Å². The van der Waals surface area contributed by atoms with E-state index < -0.39 is 0 Å². The maximum atomic E-state index is 10.1. The molecule has 0 amide bonds. The first-order chi connectivity index (χ1) is 6.63. The van der Waals surface area contributed by atoms with Crippen LogP contribution in [0, 0.1) is 0 Å². The molecular weight excluding hydrogens is 190 g/mol. The number of hydrogen-bond acceptors (Lipinski definition) is 4. The van der Waals surface area contributed by atoms with Crippen molar-refractivity contribution in [3.8, 4) is 0 Å². The largest absolute Gasteiger partial charge is 0.324 e. The number of likely N-dealkylation sites (N-methyl/N-ethyl adjacent to an activating group) is 1. The Kier molecular flexibility index (Phi) is 3.18. The smallest absolute Gasteiger partial charge is 0.0428 e. The first-order valence-electron chi connectivity index (χ1n) is 5.56. The average Bonchev–Trinajstić information content (AvgIpc) is 1.98. The third-order valence-corrected chi connectivity index (χ3v) is 3.24. The summed E-state index contributed by atoms with van der Waals surface area (Å²) in [6.45, 7) is 8.92. The first-order valence-corrected chi connectivity index (χ1v) is 5.56. The second kappa shape index (κ2) is 3.70. The number of rotatable bonds is 2. The molecule has 0 aromatic rings. The van der Waals surface area contributed by atoms with E-state index in [0.717, 1.165) is 19.4 Å². The minimum absolute atomic E-state index is 0.235. The molecule has 0 spiro atoms. The Bertz CT molecular complexity index is 220. The van der Waals surface area contributed by atoms with Gasteiger partial charge in [-0.05, 0) is 47.6 Å². The van der Waals surface area contributed by atoms with E-state index in [1.807, 2.05) is 34.7 Å². The number of hydrogen-bond donors (Lipinski definition) is 3. The van der Waals surface area contributed by atoms with Crippen LogP contribution in [0.2, 0.25) is 0 Å². The molecule has 1 fully saturated rings. The van der Waals surface area contributed by atoms with Crippen molar-refractivity contribution in [3.05, 3.63) is 0 Å².